The van der Waals surface area contributed by atoms with Crippen molar-refractivity contribution in [3.8, 4) is 16.9 Å². The first-order valence-corrected chi connectivity index (χ1v) is 13.6. The van der Waals surface area contributed by atoms with Gasteiger partial charge in [0.2, 0.25) is 0 Å². The molecule has 2 atom stereocenters. The molecule has 2 saturated heterocycles. The van der Waals surface area contributed by atoms with Crippen LogP contribution in [0.5, 0.6) is 5.75 Å². The molecule has 2 aliphatic heterocycles. The minimum Gasteiger partial charge on any atom is -0.494 e. The summed E-state index contributed by atoms with van der Waals surface area (Å²) in [7, 11) is 0. The Labute approximate surface area is 223 Å². The molecule has 0 aromatic heterocycles. The summed E-state index contributed by atoms with van der Waals surface area (Å²) in [6, 6.07) is 23.8. The van der Waals surface area contributed by atoms with Gasteiger partial charge in [-0.2, -0.15) is 0 Å². The van der Waals surface area contributed by atoms with Crippen LogP contribution in [0.2, 0.25) is 0 Å². The zero-order valence-electron chi connectivity index (χ0n) is 21.7. The van der Waals surface area contributed by atoms with E-state index in [9.17, 15) is 9.59 Å². The molecule has 196 valence electrons. The van der Waals surface area contributed by atoms with Crippen molar-refractivity contribution in [3.63, 3.8) is 0 Å². The minimum atomic E-state index is -0.314. The number of fused-ring (bicyclic) bond motifs is 5. The van der Waals surface area contributed by atoms with E-state index in [2.05, 4.69) is 31.2 Å². The Morgan fingerprint density at radius 2 is 1.55 bits per heavy atom. The Morgan fingerprint density at radius 3 is 2.21 bits per heavy atom. The van der Waals surface area contributed by atoms with Crippen molar-refractivity contribution in [2.24, 2.45) is 5.92 Å². The van der Waals surface area contributed by atoms with Gasteiger partial charge in [-0.3, -0.25) is 9.69 Å². The molecular weight excluding hydrogens is 478 g/mol. The fourth-order valence-electron chi connectivity index (χ4n) is 6.29. The molecule has 2 unspecified atom stereocenters. The van der Waals surface area contributed by atoms with Gasteiger partial charge in [0, 0.05) is 17.4 Å². The van der Waals surface area contributed by atoms with E-state index in [-0.39, 0.29) is 42.4 Å². The molecular formula is C32H33NO5. The van der Waals surface area contributed by atoms with Crippen molar-refractivity contribution in [1.82, 2.24) is 4.90 Å². The quantitative estimate of drug-likeness (QED) is 0.360. The summed E-state index contributed by atoms with van der Waals surface area (Å²) in [5.74, 6) is 0.685. The Hall–Kier alpha value is -3.64. The topological polar surface area (TPSA) is 65.1 Å². The Morgan fingerprint density at radius 1 is 0.895 bits per heavy atom. The van der Waals surface area contributed by atoms with Gasteiger partial charge in [0.25, 0.3) is 0 Å². The summed E-state index contributed by atoms with van der Waals surface area (Å²) in [6.45, 7) is 3.81. The molecule has 1 aliphatic carbocycles. The van der Waals surface area contributed by atoms with E-state index in [4.69, 9.17) is 14.2 Å². The number of piperidine rings is 1. The van der Waals surface area contributed by atoms with E-state index in [1.807, 2.05) is 53.4 Å². The number of Topliss-reactive ketones (excluding diaryl/α,β-unsaturated/α-hetero) is 1. The van der Waals surface area contributed by atoms with Gasteiger partial charge < -0.3 is 14.2 Å². The first kappa shape index (κ1) is 24.7. The third kappa shape index (κ3) is 4.58. The van der Waals surface area contributed by atoms with Crippen molar-refractivity contribution in [1.29, 1.82) is 0 Å². The van der Waals surface area contributed by atoms with Gasteiger partial charge in [-0.25, -0.2) is 4.79 Å². The van der Waals surface area contributed by atoms with Gasteiger partial charge in [-0.15, -0.1) is 0 Å². The highest BCUT2D eigenvalue weighted by Gasteiger charge is 2.45. The van der Waals surface area contributed by atoms with Crippen molar-refractivity contribution in [3.05, 3.63) is 89.5 Å². The second-order valence-electron chi connectivity index (χ2n) is 10.5. The van der Waals surface area contributed by atoms with Crippen molar-refractivity contribution < 1.29 is 23.8 Å². The second kappa shape index (κ2) is 10.6. The van der Waals surface area contributed by atoms with E-state index < -0.39 is 0 Å². The van der Waals surface area contributed by atoms with Crippen LogP contribution in [-0.4, -0.2) is 55.3 Å². The van der Waals surface area contributed by atoms with Gasteiger partial charge in [-0.05, 0) is 53.6 Å². The van der Waals surface area contributed by atoms with Crippen molar-refractivity contribution in [2.75, 3.05) is 26.4 Å². The number of amides is 1. The average Bonchev–Trinajstić information content (AvgIpc) is 3.27. The second-order valence-corrected chi connectivity index (χ2v) is 10.5. The SMILES string of the molecule is CCCOc1cccc(C(=O)C2CC3COCC(C2)N3C(=O)OCC2c3ccccc3-c3ccccc32)c1. The average molecular weight is 512 g/mol. The molecule has 0 radical (unpaired) electrons. The van der Waals surface area contributed by atoms with E-state index in [1.54, 1.807) is 0 Å². The van der Waals surface area contributed by atoms with Crippen LogP contribution in [0.3, 0.4) is 0 Å². The normalized spacial score (nSPS) is 21.9. The largest absolute Gasteiger partial charge is 0.494 e. The lowest BCUT2D eigenvalue weighted by atomic mass is 9.81. The molecule has 38 heavy (non-hydrogen) atoms. The van der Waals surface area contributed by atoms with Crippen molar-refractivity contribution >= 4 is 11.9 Å². The van der Waals surface area contributed by atoms with Gasteiger partial charge in [0.1, 0.15) is 12.4 Å². The Kier molecular flexibility index (Phi) is 6.90. The minimum absolute atomic E-state index is 0.0174. The summed E-state index contributed by atoms with van der Waals surface area (Å²) in [5, 5.41) is 0. The number of rotatable bonds is 7. The molecule has 6 heteroatoms. The van der Waals surface area contributed by atoms with Crippen LogP contribution in [-0.2, 0) is 9.47 Å². The summed E-state index contributed by atoms with van der Waals surface area (Å²) in [5.41, 5.74) is 5.46. The molecule has 3 aliphatic rings. The molecule has 0 saturated carbocycles. The van der Waals surface area contributed by atoms with Gasteiger partial charge in [0.15, 0.2) is 5.78 Å². The highest BCUT2D eigenvalue weighted by Crippen LogP contribution is 2.44. The lowest BCUT2D eigenvalue weighted by Gasteiger charge is -2.47. The van der Waals surface area contributed by atoms with E-state index >= 15 is 0 Å². The monoisotopic (exact) mass is 511 g/mol. The van der Waals surface area contributed by atoms with Gasteiger partial charge >= 0.3 is 6.09 Å². The summed E-state index contributed by atoms with van der Waals surface area (Å²) < 4.78 is 17.5. The number of carbonyl (C=O) groups is 2. The van der Waals surface area contributed by atoms with Crippen LogP contribution in [0.1, 0.15) is 53.6 Å². The van der Waals surface area contributed by atoms with E-state index in [0.29, 0.717) is 38.2 Å². The highest BCUT2D eigenvalue weighted by molar-refractivity contribution is 5.98. The Bertz CT molecular complexity index is 1280. The molecule has 3 aromatic rings. The summed E-state index contributed by atoms with van der Waals surface area (Å²) in [4.78, 5) is 28.7. The fourth-order valence-corrected chi connectivity index (χ4v) is 6.29. The van der Waals surface area contributed by atoms with E-state index in [1.165, 1.54) is 22.3 Å². The fraction of sp³-hybridized carbons (Fsp3) is 0.375. The first-order chi connectivity index (χ1) is 18.6. The van der Waals surface area contributed by atoms with E-state index in [0.717, 1.165) is 12.2 Å². The van der Waals surface area contributed by atoms with Crippen LogP contribution in [0, 0.1) is 5.92 Å². The lowest BCUT2D eigenvalue weighted by Crippen LogP contribution is -2.60. The number of ketones is 1. The zero-order chi connectivity index (χ0) is 26.1. The molecule has 1 amide bonds. The molecule has 6 nitrogen and oxygen atoms in total. The molecule has 2 heterocycles. The molecule has 0 N–H and O–H groups in total. The number of benzene rings is 3. The maximum atomic E-state index is 13.4. The standard InChI is InChI=1S/C32H33NO5/c1-2-14-37-25-9-7-8-21(17-25)31(34)22-15-23-18-36-19-24(16-22)33(23)32(35)38-20-30-28-12-5-3-10-26(28)27-11-4-6-13-29(27)30/h3-13,17,22-24,30H,2,14-16,18-20H2,1H3. The molecule has 0 spiro atoms. The maximum Gasteiger partial charge on any atom is 0.410 e. The first-order valence-electron chi connectivity index (χ1n) is 13.6. The lowest BCUT2D eigenvalue weighted by molar-refractivity contribution is -0.0747. The van der Waals surface area contributed by atoms with Crippen LogP contribution in [0.15, 0.2) is 72.8 Å². The van der Waals surface area contributed by atoms with Gasteiger partial charge in [-0.1, -0.05) is 67.6 Å². The Balaban J connectivity index is 1.14. The molecule has 3 aromatic carbocycles. The molecule has 2 bridgehead atoms. The zero-order valence-corrected chi connectivity index (χ0v) is 21.7. The van der Waals surface area contributed by atoms with Crippen LogP contribution < -0.4 is 4.74 Å². The number of morpholine rings is 1. The third-order valence-electron chi connectivity index (χ3n) is 8.03. The number of carbonyl (C=O) groups excluding carboxylic acids is 2. The highest BCUT2D eigenvalue weighted by atomic mass is 16.6. The maximum absolute atomic E-state index is 13.4. The number of hydrogen-bond acceptors (Lipinski definition) is 5. The third-order valence-corrected chi connectivity index (χ3v) is 8.03. The molecule has 2 fully saturated rings. The van der Waals surface area contributed by atoms with Crippen LogP contribution in [0.25, 0.3) is 11.1 Å². The van der Waals surface area contributed by atoms with Crippen LogP contribution in [0.4, 0.5) is 4.79 Å². The number of nitrogens with zero attached hydrogens (tertiary/aromatic N) is 1. The summed E-state index contributed by atoms with van der Waals surface area (Å²) in [6.07, 6.45) is 1.74. The smallest absolute Gasteiger partial charge is 0.410 e. The van der Waals surface area contributed by atoms with Crippen molar-refractivity contribution in [2.45, 2.75) is 44.2 Å². The molecule has 6 rings (SSSR count). The predicted octanol–water partition coefficient (Wildman–Crippen LogP) is 6.09. The number of ether oxygens (including phenoxy) is 3. The van der Waals surface area contributed by atoms with Crippen LogP contribution >= 0.6 is 0 Å². The van der Waals surface area contributed by atoms with Gasteiger partial charge in [0.05, 0.1) is 31.9 Å². The predicted molar refractivity (Wildman–Crippen MR) is 145 cm³/mol. The number of hydrogen-bond donors (Lipinski definition) is 0. The summed E-state index contributed by atoms with van der Waals surface area (Å²) >= 11 is 0.